The molecule has 0 spiro atoms. The van der Waals surface area contributed by atoms with E-state index in [2.05, 4.69) is 11.0 Å². The molecular weight excluding hydrogens is 283 g/mol. The van der Waals surface area contributed by atoms with Gasteiger partial charge in [0.15, 0.2) is 0 Å². The lowest BCUT2D eigenvalue weighted by Gasteiger charge is -2.40. The maximum absolute atomic E-state index is 13.3. The highest BCUT2D eigenvalue weighted by atomic mass is 19.1. The standard InChI is InChI=1S/C17H21FN2O2/c18-14-5-4-12(13(8-14)9-19)10-20-6-7-22-11-16(20)15-2-1-3-17(15)21/h4-5,8,15-17,21H,1-3,6-7,10-11H2/t15-,16-,17-/m1/s1. The average Bonchev–Trinajstić information content (AvgIpc) is 2.95. The van der Waals surface area contributed by atoms with Gasteiger partial charge in [0.2, 0.25) is 0 Å². The van der Waals surface area contributed by atoms with Gasteiger partial charge in [0.05, 0.1) is 31.0 Å². The molecule has 22 heavy (non-hydrogen) atoms. The number of rotatable bonds is 3. The molecule has 3 atom stereocenters. The van der Waals surface area contributed by atoms with Gasteiger partial charge in [0, 0.05) is 25.0 Å². The van der Waals surface area contributed by atoms with Crippen molar-refractivity contribution in [2.75, 3.05) is 19.8 Å². The van der Waals surface area contributed by atoms with Gasteiger partial charge in [-0.05, 0) is 30.5 Å². The average molecular weight is 304 g/mol. The van der Waals surface area contributed by atoms with Crippen LogP contribution in [0.1, 0.15) is 30.4 Å². The van der Waals surface area contributed by atoms with E-state index in [1.165, 1.54) is 12.1 Å². The maximum atomic E-state index is 13.3. The molecule has 3 rings (SSSR count). The Kier molecular flexibility index (Phi) is 4.72. The summed E-state index contributed by atoms with van der Waals surface area (Å²) >= 11 is 0. The Balaban J connectivity index is 1.78. The molecule has 1 aromatic rings. The number of aliphatic hydroxyl groups excluding tert-OH is 1. The molecule has 4 nitrogen and oxygen atoms in total. The fraction of sp³-hybridized carbons (Fsp3) is 0.588. The molecule has 1 heterocycles. The quantitative estimate of drug-likeness (QED) is 0.928. The number of benzene rings is 1. The van der Waals surface area contributed by atoms with Crippen LogP contribution in [-0.4, -0.2) is 41.9 Å². The molecule has 1 saturated heterocycles. The van der Waals surface area contributed by atoms with Crippen molar-refractivity contribution >= 4 is 0 Å². The van der Waals surface area contributed by atoms with E-state index in [1.54, 1.807) is 6.07 Å². The van der Waals surface area contributed by atoms with Gasteiger partial charge in [0.1, 0.15) is 5.82 Å². The summed E-state index contributed by atoms with van der Waals surface area (Å²) in [5.41, 5.74) is 1.22. The first-order valence-corrected chi connectivity index (χ1v) is 7.87. The van der Waals surface area contributed by atoms with Gasteiger partial charge in [-0.2, -0.15) is 5.26 Å². The van der Waals surface area contributed by atoms with E-state index in [9.17, 15) is 14.8 Å². The number of halogens is 1. The zero-order valence-electron chi connectivity index (χ0n) is 12.5. The largest absolute Gasteiger partial charge is 0.393 e. The Labute approximate surface area is 130 Å². The van der Waals surface area contributed by atoms with E-state index in [0.29, 0.717) is 25.3 Å². The zero-order valence-corrected chi connectivity index (χ0v) is 12.5. The number of hydrogen-bond acceptors (Lipinski definition) is 4. The lowest BCUT2D eigenvalue weighted by atomic mass is 9.93. The van der Waals surface area contributed by atoms with Crippen LogP contribution in [0.2, 0.25) is 0 Å². The van der Waals surface area contributed by atoms with E-state index in [4.69, 9.17) is 4.74 Å². The molecule has 0 amide bonds. The summed E-state index contributed by atoms with van der Waals surface area (Å²) in [5, 5.41) is 19.4. The molecule has 1 N–H and O–H groups in total. The first-order valence-electron chi connectivity index (χ1n) is 7.87. The van der Waals surface area contributed by atoms with Crippen molar-refractivity contribution in [2.45, 2.75) is 38.0 Å². The third-order valence-electron chi connectivity index (χ3n) is 4.87. The van der Waals surface area contributed by atoms with Crippen LogP contribution in [0.4, 0.5) is 4.39 Å². The van der Waals surface area contributed by atoms with Gasteiger partial charge in [0.25, 0.3) is 0 Å². The molecule has 1 aromatic carbocycles. The van der Waals surface area contributed by atoms with E-state index < -0.39 is 0 Å². The Bertz CT molecular complexity index is 572. The summed E-state index contributed by atoms with van der Waals surface area (Å²) in [6.45, 7) is 2.64. The first kappa shape index (κ1) is 15.4. The predicted molar refractivity (Wildman–Crippen MR) is 79.5 cm³/mol. The summed E-state index contributed by atoms with van der Waals surface area (Å²) in [4.78, 5) is 2.27. The molecule has 0 bridgehead atoms. The van der Waals surface area contributed by atoms with Crippen LogP contribution in [-0.2, 0) is 11.3 Å². The SMILES string of the molecule is N#Cc1cc(F)ccc1CN1CCOC[C@@H]1[C@H]1CCC[C@H]1O. The van der Waals surface area contributed by atoms with E-state index >= 15 is 0 Å². The van der Waals surface area contributed by atoms with Crippen LogP contribution in [0.25, 0.3) is 0 Å². The van der Waals surface area contributed by atoms with E-state index in [-0.39, 0.29) is 23.9 Å². The van der Waals surface area contributed by atoms with Crippen LogP contribution in [0, 0.1) is 23.1 Å². The molecule has 0 unspecified atom stereocenters. The van der Waals surface area contributed by atoms with Crippen molar-refractivity contribution in [3.05, 3.63) is 35.1 Å². The van der Waals surface area contributed by atoms with Crippen LogP contribution in [0.5, 0.6) is 0 Å². The number of hydrogen-bond donors (Lipinski definition) is 1. The second-order valence-corrected chi connectivity index (χ2v) is 6.19. The molecule has 1 aliphatic heterocycles. The summed E-state index contributed by atoms with van der Waals surface area (Å²) in [7, 11) is 0. The summed E-state index contributed by atoms with van der Waals surface area (Å²) in [6.07, 6.45) is 2.66. The first-order chi connectivity index (χ1) is 10.7. The van der Waals surface area contributed by atoms with Gasteiger partial charge in [-0.15, -0.1) is 0 Å². The molecule has 1 saturated carbocycles. The van der Waals surface area contributed by atoms with Crippen molar-refractivity contribution in [2.24, 2.45) is 5.92 Å². The molecule has 118 valence electrons. The molecule has 5 heteroatoms. The predicted octanol–water partition coefficient (Wildman–Crippen LogP) is 2.06. The Morgan fingerprint density at radius 3 is 3.00 bits per heavy atom. The van der Waals surface area contributed by atoms with E-state index in [1.807, 2.05) is 0 Å². The minimum absolute atomic E-state index is 0.169. The molecular formula is C17H21FN2O2. The van der Waals surface area contributed by atoms with Crippen LogP contribution >= 0.6 is 0 Å². The zero-order chi connectivity index (χ0) is 15.5. The smallest absolute Gasteiger partial charge is 0.124 e. The number of morpholine rings is 1. The monoisotopic (exact) mass is 304 g/mol. The third-order valence-corrected chi connectivity index (χ3v) is 4.87. The lowest BCUT2D eigenvalue weighted by molar-refractivity contribution is -0.0536. The maximum Gasteiger partial charge on any atom is 0.124 e. The van der Waals surface area contributed by atoms with Gasteiger partial charge in [-0.25, -0.2) is 4.39 Å². The fourth-order valence-electron chi connectivity index (χ4n) is 3.68. The van der Waals surface area contributed by atoms with Gasteiger partial charge >= 0.3 is 0 Å². The highest BCUT2D eigenvalue weighted by molar-refractivity contribution is 5.37. The molecule has 1 aliphatic carbocycles. The Morgan fingerprint density at radius 1 is 1.41 bits per heavy atom. The number of nitriles is 1. The van der Waals surface area contributed by atoms with Gasteiger partial charge < -0.3 is 9.84 Å². The molecule has 0 aromatic heterocycles. The van der Waals surface area contributed by atoms with E-state index in [0.717, 1.165) is 31.4 Å². The highest BCUT2D eigenvalue weighted by Crippen LogP contribution is 2.33. The minimum Gasteiger partial charge on any atom is -0.393 e. The Hall–Kier alpha value is -1.48. The highest BCUT2D eigenvalue weighted by Gasteiger charge is 2.37. The summed E-state index contributed by atoms with van der Waals surface area (Å²) < 4.78 is 18.9. The van der Waals surface area contributed by atoms with Crippen molar-refractivity contribution < 1.29 is 14.2 Å². The topological polar surface area (TPSA) is 56.5 Å². The number of nitrogens with zero attached hydrogens (tertiary/aromatic N) is 2. The van der Waals surface area contributed by atoms with Crippen molar-refractivity contribution in [3.63, 3.8) is 0 Å². The lowest BCUT2D eigenvalue weighted by Crippen LogP contribution is -2.50. The van der Waals surface area contributed by atoms with Crippen molar-refractivity contribution in [1.82, 2.24) is 4.90 Å². The molecule has 0 radical (unpaired) electrons. The van der Waals surface area contributed by atoms with Crippen molar-refractivity contribution in [3.8, 4) is 6.07 Å². The van der Waals surface area contributed by atoms with Gasteiger partial charge in [-0.3, -0.25) is 4.90 Å². The number of aliphatic hydroxyl groups is 1. The normalized spacial score (nSPS) is 29.4. The summed E-state index contributed by atoms with van der Waals surface area (Å²) in [5.74, 6) is -0.156. The second-order valence-electron chi connectivity index (χ2n) is 6.19. The van der Waals surface area contributed by atoms with Crippen molar-refractivity contribution in [1.29, 1.82) is 5.26 Å². The molecule has 2 fully saturated rings. The van der Waals surface area contributed by atoms with Crippen LogP contribution < -0.4 is 0 Å². The minimum atomic E-state index is -0.384. The van der Waals surface area contributed by atoms with Crippen LogP contribution in [0.15, 0.2) is 18.2 Å². The molecule has 2 aliphatic rings. The summed E-state index contributed by atoms with van der Waals surface area (Å²) in [6, 6.07) is 6.61. The van der Waals surface area contributed by atoms with Gasteiger partial charge in [-0.1, -0.05) is 12.5 Å². The van der Waals surface area contributed by atoms with Crippen LogP contribution in [0.3, 0.4) is 0 Å². The number of ether oxygens (including phenoxy) is 1. The third kappa shape index (κ3) is 3.14. The Morgan fingerprint density at radius 2 is 2.27 bits per heavy atom. The fourth-order valence-corrected chi connectivity index (χ4v) is 3.68. The second kappa shape index (κ2) is 6.74.